The molecule has 4 rings (SSSR count). The Morgan fingerprint density at radius 2 is 1.65 bits per heavy atom. The molecule has 1 unspecified atom stereocenters. The predicted octanol–water partition coefficient (Wildman–Crippen LogP) is 4.97. The molecule has 0 aliphatic carbocycles. The Kier molecular flexibility index (Phi) is 7.89. The molecule has 40 heavy (non-hydrogen) atoms. The number of hydrogen-bond donors (Lipinski definition) is 0. The van der Waals surface area contributed by atoms with Gasteiger partial charge in [-0.25, -0.2) is 0 Å². The molecule has 5 atom stereocenters. The third-order valence-corrected chi connectivity index (χ3v) is 7.91. The van der Waals surface area contributed by atoms with Crippen molar-refractivity contribution in [1.82, 2.24) is 4.57 Å². The summed E-state index contributed by atoms with van der Waals surface area (Å²) >= 11 is 11.6. The molecule has 1 aliphatic heterocycles. The van der Waals surface area contributed by atoms with E-state index in [0.717, 1.165) is 14.2 Å². The second-order valence-corrected chi connectivity index (χ2v) is 11.6. The van der Waals surface area contributed by atoms with Crippen LogP contribution >= 0.6 is 38.9 Å². The van der Waals surface area contributed by atoms with Crippen LogP contribution in [0.25, 0.3) is 10.9 Å². The maximum absolute atomic E-state index is 12.5. The Balaban J connectivity index is 1.89. The number of carbonyl (C=O) groups excluding carboxylic acids is 4. The molecule has 1 fully saturated rings. The van der Waals surface area contributed by atoms with Crippen LogP contribution in [-0.4, -0.2) is 59.5 Å². The lowest BCUT2D eigenvalue weighted by molar-refractivity contribution is -0.267. The summed E-state index contributed by atoms with van der Waals surface area (Å²) < 4.78 is 60.2. The number of benzene rings is 1. The number of fused-ring (bicyclic) bond motifs is 1. The fourth-order valence-corrected chi connectivity index (χ4v) is 6.41. The van der Waals surface area contributed by atoms with Gasteiger partial charge in [0.05, 0.1) is 14.3 Å². The second kappa shape index (κ2) is 12.7. The molecule has 0 bridgehead atoms. The van der Waals surface area contributed by atoms with Crippen molar-refractivity contribution in [2.75, 3.05) is 6.61 Å². The van der Waals surface area contributed by atoms with Crippen LogP contribution < -0.4 is 0 Å². The van der Waals surface area contributed by atoms with Crippen molar-refractivity contribution in [2.24, 2.45) is 0 Å². The zero-order chi connectivity index (χ0) is 32.0. The number of ether oxygens (including phenoxy) is 5. The van der Waals surface area contributed by atoms with Crippen molar-refractivity contribution in [3.8, 4) is 0 Å². The molecule has 214 valence electrons. The molecule has 0 N–H and O–H groups in total. The van der Waals surface area contributed by atoms with Gasteiger partial charge in [0, 0.05) is 56.0 Å². The zero-order valence-corrected chi connectivity index (χ0v) is 24.0. The van der Waals surface area contributed by atoms with Gasteiger partial charge in [-0.05, 0) is 45.8 Å². The Morgan fingerprint density at radius 1 is 0.975 bits per heavy atom. The second-order valence-electron chi connectivity index (χ2n) is 8.69. The number of nitrogens with zero attached hydrogens (tertiary/aromatic N) is 1. The Bertz CT molecular complexity index is 1520. The fourth-order valence-electron chi connectivity index (χ4n) is 4.61. The van der Waals surface area contributed by atoms with Gasteiger partial charge in [0.2, 0.25) is 0 Å². The summed E-state index contributed by atoms with van der Waals surface area (Å²) in [6.07, 6.45) is -5.17. The van der Waals surface area contributed by atoms with Crippen LogP contribution in [0.15, 0.2) is 40.3 Å². The summed E-state index contributed by atoms with van der Waals surface area (Å²) in [5, 5.41) is 1.08. The normalized spacial score (nSPS) is 23.8. The van der Waals surface area contributed by atoms with Gasteiger partial charge < -0.3 is 28.3 Å². The quantitative estimate of drug-likeness (QED) is 0.244. The maximum Gasteiger partial charge on any atom is 0.303 e. The molecule has 13 heteroatoms. The van der Waals surface area contributed by atoms with Gasteiger partial charge in [0.1, 0.15) is 12.7 Å². The SMILES string of the molecule is [2H]CC(=O)OC[C@H]1OC(n2cc(Cc3ccc(Br)s3)c3c(Cl)cccc32)[C@H](OC(=O)C[2H])[C@@H](OC(=O)C[2H])[C@@H]1OC(=O)C[2H]. The standard InChI is InChI=1S/C27H27BrClNO9S/c1-13(31)35-12-21-24(36-14(2)32)25(37-15(3)33)26(38-16(4)34)27(39-21)30-11-17(10-18-8-9-22(28)40-18)23-19(29)6-5-7-20(23)30/h5-9,11,21,24-27H,10,12H2,1-4H3/t21-,24-,25+,26-,27?/m1/s1/i1D,2D,3D,4D. The van der Waals surface area contributed by atoms with Crippen LogP contribution in [0.2, 0.25) is 5.02 Å². The lowest BCUT2D eigenvalue weighted by atomic mass is 9.97. The number of aromatic nitrogens is 1. The Morgan fingerprint density at radius 3 is 2.30 bits per heavy atom. The Hall–Kier alpha value is -2.93. The number of carbonyl (C=O) groups is 4. The van der Waals surface area contributed by atoms with E-state index in [1.54, 1.807) is 29.0 Å². The van der Waals surface area contributed by atoms with Gasteiger partial charge in [-0.3, -0.25) is 19.2 Å². The van der Waals surface area contributed by atoms with Crippen LogP contribution in [0, 0.1) is 0 Å². The number of rotatable bonds is 8. The minimum absolute atomic E-state index is 0.419. The third kappa shape index (κ3) is 6.85. The van der Waals surface area contributed by atoms with E-state index in [0.29, 0.717) is 22.3 Å². The van der Waals surface area contributed by atoms with Gasteiger partial charge in [-0.15, -0.1) is 11.3 Å². The lowest BCUT2D eigenvalue weighted by Crippen LogP contribution is -2.60. The van der Waals surface area contributed by atoms with Crippen molar-refractivity contribution >= 4 is 73.6 Å². The number of hydrogen-bond acceptors (Lipinski definition) is 10. The molecule has 1 aromatic carbocycles. The van der Waals surface area contributed by atoms with E-state index in [2.05, 4.69) is 15.9 Å². The molecule has 0 saturated carbocycles. The van der Waals surface area contributed by atoms with Crippen LogP contribution in [0.4, 0.5) is 0 Å². The van der Waals surface area contributed by atoms with Gasteiger partial charge in [0.15, 0.2) is 24.5 Å². The molecule has 2 aromatic heterocycles. The zero-order valence-electron chi connectivity index (χ0n) is 24.9. The summed E-state index contributed by atoms with van der Waals surface area (Å²) in [6, 6.07) is 9.01. The first-order valence-electron chi connectivity index (χ1n) is 14.5. The van der Waals surface area contributed by atoms with E-state index in [-0.39, 0.29) is 0 Å². The minimum Gasteiger partial charge on any atom is -0.463 e. The highest BCUT2D eigenvalue weighted by atomic mass is 79.9. The molecule has 0 spiro atoms. The molecule has 3 heterocycles. The highest BCUT2D eigenvalue weighted by Crippen LogP contribution is 2.40. The monoisotopic (exact) mass is 659 g/mol. The molecule has 0 radical (unpaired) electrons. The molecular formula is C27H27BrClNO9S. The van der Waals surface area contributed by atoms with E-state index >= 15 is 0 Å². The fraction of sp³-hybridized carbons (Fsp3) is 0.407. The molecule has 10 nitrogen and oxygen atoms in total. The van der Waals surface area contributed by atoms with Crippen molar-refractivity contribution in [1.29, 1.82) is 0 Å². The summed E-state index contributed by atoms with van der Waals surface area (Å²) in [5.74, 6) is -4.03. The van der Waals surface area contributed by atoms with E-state index in [9.17, 15) is 19.2 Å². The van der Waals surface area contributed by atoms with Gasteiger partial charge in [0.25, 0.3) is 0 Å². The molecule has 0 amide bonds. The average Bonchev–Trinajstić information content (AvgIpc) is 3.60. The van der Waals surface area contributed by atoms with E-state index in [1.165, 1.54) is 11.3 Å². The molecule has 1 saturated heterocycles. The summed E-state index contributed by atoms with van der Waals surface area (Å²) in [7, 11) is 0. The van der Waals surface area contributed by atoms with Crippen molar-refractivity contribution in [3.05, 3.63) is 55.8 Å². The number of thiophene rings is 1. The highest BCUT2D eigenvalue weighted by molar-refractivity contribution is 9.11. The topological polar surface area (TPSA) is 119 Å². The van der Waals surface area contributed by atoms with Crippen LogP contribution in [0.3, 0.4) is 0 Å². The van der Waals surface area contributed by atoms with Crippen molar-refractivity contribution < 1.29 is 48.3 Å². The van der Waals surface area contributed by atoms with Crippen molar-refractivity contribution in [3.63, 3.8) is 0 Å². The molecular weight excluding hydrogens is 630 g/mol. The van der Waals surface area contributed by atoms with Gasteiger partial charge in [-0.2, -0.15) is 0 Å². The van der Waals surface area contributed by atoms with E-state index < -0.39 is 88.7 Å². The number of esters is 4. The third-order valence-electron chi connectivity index (χ3n) is 5.97. The van der Waals surface area contributed by atoms with Crippen LogP contribution in [0.1, 0.15) is 49.8 Å². The van der Waals surface area contributed by atoms with Gasteiger partial charge in [-0.1, -0.05) is 17.7 Å². The van der Waals surface area contributed by atoms with Crippen molar-refractivity contribution in [2.45, 2.75) is 64.7 Å². The Labute approximate surface area is 253 Å². The molecule has 3 aromatic rings. The first-order chi connectivity index (χ1) is 21.1. The van der Waals surface area contributed by atoms with E-state index in [1.807, 2.05) is 12.1 Å². The van der Waals surface area contributed by atoms with Crippen LogP contribution in [0.5, 0.6) is 0 Å². The lowest BCUT2D eigenvalue weighted by Gasteiger charge is -2.44. The number of halogens is 2. The first-order valence-corrected chi connectivity index (χ1v) is 13.7. The summed E-state index contributed by atoms with van der Waals surface area (Å²) in [5.41, 5.74) is 1.31. The summed E-state index contributed by atoms with van der Waals surface area (Å²) in [4.78, 5) is 50.2. The first kappa shape index (κ1) is 24.8. The van der Waals surface area contributed by atoms with Gasteiger partial charge >= 0.3 is 23.9 Å². The van der Waals surface area contributed by atoms with E-state index in [4.69, 9.17) is 40.8 Å². The summed E-state index contributed by atoms with van der Waals surface area (Å²) in [6.45, 7) is -3.73. The maximum atomic E-state index is 12.5. The minimum atomic E-state index is -1.61. The molecule has 1 aliphatic rings. The average molecular weight is 661 g/mol. The smallest absolute Gasteiger partial charge is 0.303 e. The van der Waals surface area contributed by atoms with Crippen LogP contribution in [-0.2, 0) is 49.3 Å². The largest absolute Gasteiger partial charge is 0.463 e. The predicted molar refractivity (Wildman–Crippen MR) is 149 cm³/mol. The highest BCUT2D eigenvalue weighted by Gasteiger charge is 2.53.